The fourth-order valence-electron chi connectivity index (χ4n) is 3.98. The molecule has 2 aromatic carbocycles. The Hall–Kier alpha value is -4.40. The Morgan fingerprint density at radius 2 is 1.76 bits per heavy atom. The summed E-state index contributed by atoms with van der Waals surface area (Å²) in [6, 6.07) is 16.5. The summed E-state index contributed by atoms with van der Waals surface area (Å²) in [6.07, 6.45) is 3.90. The van der Waals surface area contributed by atoms with Crippen LogP contribution in [0.2, 0.25) is 0 Å². The van der Waals surface area contributed by atoms with Gasteiger partial charge < -0.3 is 5.32 Å². The SMILES string of the molecule is CCC(C)(C)NC(=O)[C@@H](c1cccnc1)N(C(=O)Cn1nnc2ccccc21)c1ccc(C(C)=O)cc1. The van der Waals surface area contributed by atoms with Gasteiger partial charge in [-0.05, 0) is 69.7 Å². The van der Waals surface area contributed by atoms with E-state index in [1.165, 1.54) is 16.5 Å². The summed E-state index contributed by atoms with van der Waals surface area (Å²) in [5.74, 6) is -0.804. The second-order valence-corrected chi connectivity index (χ2v) is 9.52. The Labute approximate surface area is 215 Å². The number of carbonyl (C=O) groups is 3. The molecule has 9 nitrogen and oxygen atoms in total. The van der Waals surface area contributed by atoms with E-state index in [0.29, 0.717) is 34.3 Å². The molecular weight excluding hydrogens is 468 g/mol. The fraction of sp³-hybridized carbons (Fsp3) is 0.286. The Kier molecular flexibility index (Phi) is 7.42. The molecule has 0 aliphatic rings. The standard InChI is InChI=1S/C28H30N6O3/c1-5-28(3,4)30-27(37)26(21-9-8-16-29-17-21)34(22-14-12-20(13-15-22)19(2)35)25(36)18-33-24-11-7-6-10-23(24)31-32-33/h6-17,26H,5,18H2,1-4H3,(H,30,37)/t26-/m1/s1. The number of aromatic nitrogens is 4. The molecule has 4 aromatic rings. The van der Waals surface area contributed by atoms with Crippen LogP contribution in [0.25, 0.3) is 11.0 Å². The van der Waals surface area contributed by atoms with E-state index >= 15 is 0 Å². The number of pyridine rings is 1. The van der Waals surface area contributed by atoms with Crippen LogP contribution in [0.5, 0.6) is 0 Å². The van der Waals surface area contributed by atoms with Crippen LogP contribution in [0.4, 0.5) is 5.69 Å². The molecule has 2 aromatic heterocycles. The number of hydrogen-bond donors (Lipinski definition) is 1. The van der Waals surface area contributed by atoms with Gasteiger partial charge in [-0.1, -0.05) is 30.3 Å². The third-order valence-corrected chi connectivity index (χ3v) is 6.38. The molecule has 0 saturated heterocycles. The smallest absolute Gasteiger partial charge is 0.249 e. The van der Waals surface area contributed by atoms with Gasteiger partial charge in [-0.15, -0.1) is 5.10 Å². The van der Waals surface area contributed by atoms with Crippen LogP contribution in [0, 0.1) is 0 Å². The van der Waals surface area contributed by atoms with Gasteiger partial charge in [0.1, 0.15) is 18.1 Å². The Bertz CT molecular complexity index is 1410. The van der Waals surface area contributed by atoms with Crippen LogP contribution in [0.15, 0.2) is 73.1 Å². The lowest BCUT2D eigenvalue weighted by Gasteiger charge is -2.34. The highest BCUT2D eigenvalue weighted by Gasteiger charge is 2.35. The molecule has 190 valence electrons. The Balaban J connectivity index is 1.81. The minimum absolute atomic E-state index is 0.0928. The lowest BCUT2D eigenvalue weighted by atomic mass is 9.98. The second kappa shape index (κ2) is 10.7. The summed E-state index contributed by atoms with van der Waals surface area (Å²) >= 11 is 0. The van der Waals surface area contributed by atoms with Crippen molar-refractivity contribution in [1.82, 2.24) is 25.3 Å². The first kappa shape index (κ1) is 25.7. The molecule has 9 heteroatoms. The number of Topliss-reactive ketones (excluding diaryl/α,β-unsaturated/α-hetero) is 1. The third-order valence-electron chi connectivity index (χ3n) is 6.38. The molecule has 0 radical (unpaired) electrons. The first-order chi connectivity index (χ1) is 17.7. The summed E-state index contributed by atoms with van der Waals surface area (Å²) in [7, 11) is 0. The van der Waals surface area contributed by atoms with Crippen molar-refractivity contribution < 1.29 is 14.4 Å². The second-order valence-electron chi connectivity index (χ2n) is 9.52. The maximum atomic E-state index is 14.0. The number of nitrogens with zero attached hydrogens (tertiary/aromatic N) is 5. The van der Waals surface area contributed by atoms with E-state index in [4.69, 9.17) is 0 Å². The number of carbonyl (C=O) groups excluding carboxylic acids is 3. The molecule has 2 heterocycles. The monoisotopic (exact) mass is 498 g/mol. The summed E-state index contributed by atoms with van der Waals surface area (Å²) in [4.78, 5) is 45.3. The molecule has 0 aliphatic heterocycles. The quantitative estimate of drug-likeness (QED) is 0.348. The van der Waals surface area contributed by atoms with Crippen molar-refractivity contribution in [3.05, 3.63) is 84.2 Å². The number of nitrogens with one attached hydrogen (secondary N) is 1. The molecule has 0 fully saturated rings. The summed E-state index contributed by atoms with van der Waals surface area (Å²) in [5.41, 5.74) is 2.41. The highest BCUT2D eigenvalue weighted by atomic mass is 16.2. The van der Waals surface area contributed by atoms with Crippen LogP contribution in [-0.2, 0) is 16.1 Å². The minimum Gasteiger partial charge on any atom is -0.349 e. The van der Waals surface area contributed by atoms with Gasteiger partial charge in [-0.2, -0.15) is 0 Å². The maximum absolute atomic E-state index is 14.0. The number of para-hydroxylation sites is 1. The van der Waals surface area contributed by atoms with Crippen molar-refractivity contribution >= 4 is 34.3 Å². The van der Waals surface area contributed by atoms with Crippen molar-refractivity contribution in [2.45, 2.75) is 52.2 Å². The maximum Gasteiger partial charge on any atom is 0.249 e. The highest BCUT2D eigenvalue weighted by molar-refractivity contribution is 6.02. The normalized spacial score (nSPS) is 12.2. The average molecular weight is 499 g/mol. The van der Waals surface area contributed by atoms with E-state index < -0.39 is 11.6 Å². The molecule has 0 spiro atoms. The van der Waals surface area contributed by atoms with Crippen molar-refractivity contribution in [1.29, 1.82) is 0 Å². The van der Waals surface area contributed by atoms with E-state index in [0.717, 1.165) is 0 Å². The zero-order valence-electron chi connectivity index (χ0n) is 21.4. The first-order valence-corrected chi connectivity index (χ1v) is 12.1. The van der Waals surface area contributed by atoms with Gasteiger partial charge in [0, 0.05) is 34.7 Å². The van der Waals surface area contributed by atoms with E-state index in [1.54, 1.807) is 48.8 Å². The number of benzene rings is 2. The molecule has 0 saturated carbocycles. The van der Waals surface area contributed by atoms with Gasteiger partial charge in [-0.25, -0.2) is 4.68 Å². The highest BCUT2D eigenvalue weighted by Crippen LogP contribution is 2.29. The topological polar surface area (TPSA) is 110 Å². The molecule has 4 rings (SSSR count). The predicted octanol–water partition coefficient (Wildman–Crippen LogP) is 4.11. The lowest BCUT2D eigenvalue weighted by Crippen LogP contribution is -2.51. The summed E-state index contributed by atoms with van der Waals surface area (Å²) < 4.78 is 1.52. The number of ketones is 1. The molecule has 0 bridgehead atoms. The van der Waals surface area contributed by atoms with E-state index in [1.807, 2.05) is 45.0 Å². The molecule has 1 atom stereocenters. The predicted molar refractivity (Wildman–Crippen MR) is 141 cm³/mol. The Morgan fingerprint density at radius 1 is 1.03 bits per heavy atom. The van der Waals surface area contributed by atoms with Crippen molar-refractivity contribution in [3.8, 4) is 0 Å². The van der Waals surface area contributed by atoms with Gasteiger partial charge in [-0.3, -0.25) is 24.3 Å². The molecule has 1 N–H and O–H groups in total. The van der Waals surface area contributed by atoms with E-state index in [9.17, 15) is 14.4 Å². The van der Waals surface area contributed by atoms with Crippen molar-refractivity contribution in [3.63, 3.8) is 0 Å². The van der Waals surface area contributed by atoms with Crippen LogP contribution in [0.3, 0.4) is 0 Å². The molecule has 0 aliphatic carbocycles. The van der Waals surface area contributed by atoms with Crippen LogP contribution in [0.1, 0.15) is 56.1 Å². The van der Waals surface area contributed by atoms with Gasteiger partial charge >= 0.3 is 0 Å². The molecular formula is C28H30N6O3. The van der Waals surface area contributed by atoms with Gasteiger partial charge in [0.15, 0.2) is 5.78 Å². The number of amides is 2. The molecule has 37 heavy (non-hydrogen) atoms. The summed E-state index contributed by atoms with van der Waals surface area (Å²) in [6.45, 7) is 7.18. The van der Waals surface area contributed by atoms with Gasteiger partial charge in [0.05, 0.1) is 5.52 Å². The van der Waals surface area contributed by atoms with Crippen molar-refractivity contribution in [2.75, 3.05) is 4.90 Å². The van der Waals surface area contributed by atoms with Gasteiger partial charge in [0.25, 0.3) is 0 Å². The lowest BCUT2D eigenvalue weighted by molar-refractivity contribution is -0.128. The van der Waals surface area contributed by atoms with Gasteiger partial charge in [0.2, 0.25) is 11.8 Å². The number of hydrogen-bond acceptors (Lipinski definition) is 6. The van der Waals surface area contributed by atoms with Crippen LogP contribution >= 0.6 is 0 Å². The van der Waals surface area contributed by atoms with E-state index in [2.05, 4.69) is 20.6 Å². The molecule has 0 unspecified atom stereocenters. The number of rotatable bonds is 9. The average Bonchev–Trinajstić information content (AvgIpc) is 3.30. The van der Waals surface area contributed by atoms with E-state index in [-0.39, 0.29) is 24.1 Å². The first-order valence-electron chi connectivity index (χ1n) is 12.1. The number of anilines is 1. The largest absolute Gasteiger partial charge is 0.349 e. The fourth-order valence-corrected chi connectivity index (χ4v) is 3.98. The van der Waals surface area contributed by atoms with Crippen LogP contribution < -0.4 is 10.2 Å². The molecule has 2 amide bonds. The van der Waals surface area contributed by atoms with Crippen molar-refractivity contribution in [2.24, 2.45) is 0 Å². The Morgan fingerprint density at radius 3 is 2.41 bits per heavy atom. The zero-order valence-corrected chi connectivity index (χ0v) is 21.4. The minimum atomic E-state index is -1.01. The summed E-state index contributed by atoms with van der Waals surface area (Å²) in [5, 5.41) is 11.4. The number of fused-ring (bicyclic) bond motifs is 1. The third kappa shape index (κ3) is 5.72. The van der Waals surface area contributed by atoms with Crippen LogP contribution in [-0.4, -0.2) is 43.1 Å². The zero-order chi connectivity index (χ0) is 26.6.